The summed E-state index contributed by atoms with van der Waals surface area (Å²) in [5.74, 6) is -0.200. The molecule has 3 rings (SSSR count). The van der Waals surface area contributed by atoms with Crippen LogP contribution in [0.2, 0.25) is 0 Å². The van der Waals surface area contributed by atoms with Crippen molar-refractivity contribution in [3.63, 3.8) is 0 Å². The van der Waals surface area contributed by atoms with E-state index in [0.717, 1.165) is 25.7 Å². The van der Waals surface area contributed by atoms with Gasteiger partial charge in [0.2, 0.25) is 5.88 Å². The van der Waals surface area contributed by atoms with Crippen LogP contribution in [0.15, 0.2) is 45.6 Å². The van der Waals surface area contributed by atoms with Crippen LogP contribution in [-0.2, 0) is 19.1 Å². The molecule has 146 valence electrons. The Hall–Kier alpha value is -2.50. The van der Waals surface area contributed by atoms with Crippen LogP contribution < -0.4 is 5.73 Å². The number of esters is 1. The van der Waals surface area contributed by atoms with Gasteiger partial charge in [0, 0.05) is 18.4 Å². The first-order valence-electron chi connectivity index (χ1n) is 9.77. The number of furan rings is 1. The Morgan fingerprint density at radius 2 is 2.07 bits per heavy atom. The molecule has 2 aliphatic rings. The molecule has 0 fully saturated rings. The van der Waals surface area contributed by atoms with Gasteiger partial charge >= 0.3 is 5.97 Å². The predicted molar refractivity (Wildman–Crippen MR) is 99.3 cm³/mol. The maximum atomic E-state index is 12.8. The first kappa shape index (κ1) is 19.3. The summed E-state index contributed by atoms with van der Waals surface area (Å²) < 4.78 is 16.6. The molecule has 0 unspecified atom stereocenters. The third-order valence-corrected chi connectivity index (χ3v) is 5.01. The SMILES string of the molecule is CCCCCCCOC(=O)C1=C(N)OC2=C(C(=O)CCC2)[C@@H]1c1ccco1. The highest BCUT2D eigenvalue weighted by Crippen LogP contribution is 2.44. The molecule has 1 aliphatic heterocycles. The molecular weight excluding hydrogens is 346 g/mol. The van der Waals surface area contributed by atoms with Gasteiger partial charge in [-0.2, -0.15) is 0 Å². The third kappa shape index (κ3) is 4.26. The minimum atomic E-state index is -0.663. The van der Waals surface area contributed by atoms with E-state index in [1.54, 1.807) is 12.1 Å². The van der Waals surface area contributed by atoms with Crippen LogP contribution in [0.1, 0.15) is 70.0 Å². The second kappa shape index (κ2) is 8.93. The predicted octanol–water partition coefficient (Wildman–Crippen LogP) is 4.08. The zero-order valence-electron chi connectivity index (χ0n) is 15.8. The standard InChI is InChI=1S/C21H27NO5/c1-2-3-4-5-6-12-26-21(24)19-18(15-11-8-13-25-15)17-14(23)9-7-10-16(17)27-20(19)22/h8,11,13,18H,2-7,9-10,12,22H2,1H3/t18-/m0/s1. The van der Waals surface area contributed by atoms with Crippen molar-refractivity contribution in [1.82, 2.24) is 0 Å². The summed E-state index contributed by atoms with van der Waals surface area (Å²) >= 11 is 0. The molecule has 2 heterocycles. The fourth-order valence-electron chi connectivity index (χ4n) is 3.64. The highest BCUT2D eigenvalue weighted by Gasteiger charge is 2.42. The van der Waals surface area contributed by atoms with Crippen molar-refractivity contribution in [2.75, 3.05) is 6.61 Å². The lowest BCUT2D eigenvalue weighted by atomic mass is 9.79. The van der Waals surface area contributed by atoms with Gasteiger partial charge in [0.15, 0.2) is 5.78 Å². The van der Waals surface area contributed by atoms with Crippen LogP contribution in [0, 0.1) is 0 Å². The van der Waals surface area contributed by atoms with Crippen molar-refractivity contribution in [2.45, 2.75) is 64.2 Å². The summed E-state index contributed by atoms with van der Waals surface area (Å²) in [5.41, 5.74) is 6.70. The molecule has 0 spiro atoms. The van der Waals surface area contributed by atoms with Gasteiger partial charge in [0.1, 0.15) is 17.1 Å². The number of carbonyl (C=O) groups excluding carboxylic acids is 2. The van der Waals surface area contributed by atoms with Gasteiger partial charge in [-0.25, -0.2) is 4.79 Å². The minimum absolute atomic E-state index is 0.000771. The number of unbranched alkanes of at least 4 members (excludes halogenated alkanes) is 4. The molecule has 1 aromatic rings. The van der Waals surface area contributed by atoms with Gasteiger partial charge in [-0.3, -0.25) is 4.79 Å². The van der Waals surface area contributed by atoms with Crippen molar-refractivity contribution >= 4 is 11.8 Å². The Balaban J connectivity index is 1.78. The zero-order chi connectivity index (χ0) is 19.2. The molecule has 0 aromatic carbocycles. The van der Waals surface area contributed by atoms with Crippen LogP contribution in [0.3, 0.4) is 0 Å². The minimum Gasteiger partial charge on any atom is -0.468 e. The Labute approximate surface area is 159 Å². The zero-order valence-corrected chi connectivity index (χ0v) is 15.8. The Morgan fingerprint density at radius 1 is 1.26 bits per heavy atom. The lowest BCUT2D eigenvalue weighted by Crippen LogP contribution is -2.31. The average molecular weight is 373 g/mol. The molecule has 0 saturated carbocycles. The number of hydrogen-bond donors (Lipinski definition) is 1. The Kier molecular flexibility index (Phi) is 6.37. The van der Waals surface area contributed by atoms with Crippen LogP contribution in [0.5, 0.6) is 0 Å². The van der Waals surface area contributed by atoms with Crippen molar-refractivity contribution in [2.24, 2.45) is 5.73 Å². The molecular formula is C21H27NO5. The van der Waals surface area contributed by atoms with Gasteiger partial charge in [0.05, 0.1) is 18.8 Å². The van der Waals surface area contributed by atoms with E-state index >= 15 is 0 Å². The first-order valence-corrected chi connectivity index (χ1v) is 9.77. The number of rotatable bonds is 8. The van der Waals surface area contributed by atoms with Crippen molar-refractivity contribution < 1.29 is 23.5 Å². The van der Waals surface area contributed by atoms with Crippen molar-refractivity contribution in [1.29, 1.82) is 0 Å². The van der Waals surface area contributed by atoms with Crippen molar-refractivity contribution in [3.05, 3.63) is 46.9 Å². The fraction of sp³-hybridized carbons (Fsp3) is 0.524. The highest BCUT2D eigenvalue weighted by atomic mass is 16.5. The third-order valence-electron chi connectivity index (χ3n) is 5.01. The number of Topliss-reactive ketones (excluding diaryl/α,β-unsaturated/α-hetero) is 1. The van der Waals surface area contributed by atoms with E-state index in [1.807, 2.05) is 0 Å². The Bertz CT molecular complexity index is 745. The van der Waals surface area contributed by atoms with E-state index in [9.17, 15) is 9.59 Å². The molecule has 0 amide bonds. The maximum absolute atomic E-state index is 12.8. The lowest BCUT2D eigenvalue weighted by Gasteiger charge is -2.31. The molecule has 0 saturated heterocycles. The van der Waals surface area contributed by atoms with Gasteiger partial charge in [-0.05, 0) is 25.0 Å². The monoisotopic (exact) mass is 373 g/mol. The molecule has 2 N–H and O–H groups in total. The summed E-state index contributed by atoms with van der Waals surface area (Å²) in [6.07, 6.45) is 8.58. The lowest BCUT2D eigenvalue weighted by molar-refractivity contribution is -0.139. The fourth-order valence-corrected chi connectivity index (χ4v) is 3.64. The smallest absolute Gasteiger partial charge is 0.340 e. The first-order chi connectivity index (χ1) is 13.1. The summed E-state index contributed by atoms with van der Waals surface area (Å²) in [6, 6.07) is 3.47. The van der Waals surface area contributed by atoms with E-state index in [2.05, 4.69) is 6.92 Å². The quantitative estimate of drug-likeness (QED) is 0.545. The molecule has 0 radical (unpaired) electrons. The van der Waals surface area contributed by atoms with Crippen LogP contribution in [0.4, 0.5) is 0 Å². The normalized spacial score (nSPS) is 19.7. The van der Waals surface area contributed by atoms with Crippen LogP contribution in [-0.4, -0.2) is 18.4 Å². The highest BCUT2D eigenvalue weighted by molar-refractivity contribution is 6.03. The number of hydrogen-bond acceptors (Lipinski definition) is 6. The van der Waals surface area contributed by atoms with E-state index in [-0.39, 0.29) is 17.2 Å². The van der Waals surface area contributed by atoms with E-state index in [0.29, 0.717) is 43.0 Å². The van der Waals surface area contributed by atoms with Gasteiger partial charge in [-0.1, -0.05) is 32.6 Å². The summed E-state index contributed by atoms with van der Waals surface area (Å²) in [6.45, 7) is 2.48. The van der Waals surface area contributed by atoms with Gasteiger partial charge in [0.25, 0.3) is 0 Å². The van der Waals surface area contributed by atoms with E-state index in [4.69, 9.17) is 19.6 Å². The topological polar surface area (TPSA) is 91.8 Å². The number of nitrogens with two attached hydrogens (primary N) is 1. The number of allylic oxidation sites excluding steroid dienone is 2. The van der Waals surface area contributed by atoms with E-state index in [1.165, 1.54) is 12.7 Å². The molecule has 6 heteroatoms. The molecule has 1 atom stereocenters. The van der Waals surface area contributed by atoms with Crippen LogP contribution >= 0.6 is 0 Å². The average Bonchev–Trinajstić information content (AvgIpc) is 3.18. The second-order valence-corrected chi connectivity index (χ2v) is 6.99. The van der Waals surface area contributed by atoms with E-state index < -0.39 is 11.9 Å². The molecule has 27 heavy (non-hydrogen) atoms. The van der Waals surface area contributed by atoms with Gasteiger partial charge < -0.3 is 19.6 Å². The summed E-state index contributed by atoms with van der Waals surface area (Å²) in [7, 11) is 0. The summed E-state index contributed by atoms with van der Waals surface area (Å²) in [5, 5.41) is 0. The molecule has 1 aromatic heterocycles. The molecule has 0 bridgehead atoms. The number of carbonyl (C=O) groups is 2. The van der Waals surface area contributed by atoms with Crippen LogP contribution in [0.25, 0.3) is 0 Å². The Morgan fingerprint density at radius 3 is 2.81 bits per heavy atom. The van der Waals surface area contributed by atoms with Crippen molar-refractivity contribution in [3.8, 4) is 0 Å². The second-order valence-electron chi connectivity index (χ2n) is 6.99. The maximum Gasteiger partial charge on any atom is 0.340 e. The molecule has 1 aliphatic carbocycles. The summed E-state index contributed by atoms with van der Waals surface area (Å²) in [4.78, 5) is 25.3. The molecule has 6 nitrogen and oxygen atoms in total. The van der Waals surface area contributed by atoms with Gasteiger partial charge in [-0.15, -0.1) is 0 Å². The largest absolute Gasteiger partial charge is 0.468 e. The number of ketones is 1. The number of ether oxygens (including phenoxy) is 2.